The van der Waals surface area contributed by atoms with Crippen LogP contribution in [0.3, 0.4) is 0 Å². The van der Waals surface area contributed by atoms with Crippen molar-refractivity contribution in [3.63, 3.8) is 0 Å². The first-order valence-corrected chi connectivity index (χ1v) is 12.4. The minimum absolute atomic E-state index is 0.0525. The van der Waals surface area contributed by atoms with Gasteiger partial charge in [0, 0.05) is 41.4 Å². The van der Waals surface area contributed by atoms with Crippen LogP contribution in [0, 0.1) is 11.6 Å². The summed E-state index contributed by atoms with van der Waals surface area (Å²) in [6, 6.07) is 8.35. The van der Waals surface area contributed by atoms with Gasteiger partial charge in [-0.3, -0.25) is 14.4 Å². The van der Waals surface area contributed by atoms with Crippen LogP contribution in [-0.4, -0.2) is 28.0 Å². The van der Waals surface area contributed by atoms with Crippen LogP contribution in [0.2, 0.25) is 0 Å². The van der Waals surface area contributed by atoms with E-state index in [1.165, 1.54) is 49.0 Å². The van der Waals surface area contributed by atoms with Crippen molar-refractivity contribution in [2.75, 3.05) is 0 Å². The number of ketones is 1. The van der Waals surface area contributed by atoms with Crippen molar-refractivity contribution in [1.29, 1.82) is 0 Å². The van der Waals surface area contributed by atoms with Crippen LogP contribution >= 0.6 is 11.3 Å². The van der Waals surface area contributed by atoms with E-state index in [1.54, 1.807) is 0 Å². The molecule has 0 aliphatic heterocycles. The fraction of sp³-hybridized carbons (Fsp3) is 0.222. The maximum absolute atomic E-state index is 14.4. The number of nitrogens with one attached hydrogen (secondary N) is 1. The molecular weight excluding hydrogens is 543 g/mol. The third kappa shape index (κ3) is 4.80. The summed E-state index contributed by atoms with van der Waals surface area (Å²) < 4.78 is 75.0. The summed E-state index contributed by atoms with van der Waals surface area (Å²) in [5, 5.41) is 2.28. The van der Waals surface area contributed by atoms with E-state index in [1.807, 2.05) is 0 Å². The average Bonchev–Trinajstić information content (AvgIpc) is 3.52. The van der Waals surface area contributed by atoms with Crippen LogP contribution < -0.4 is 15.6 Å². The average molecular weight is 563 g/mol. The molecule has 6 nitrogen and oxygen atoms in total. The number of carbonyl (C=O) groups excluding carboxylic acids is 2. The minimum Gasteiger partial charge on any atom is -0.454 e. The maximum atomic E-state index is 14.4. The summed E-state index contributed by atoms with van der Waals surface area (Å²) in [5.41, 5.74) is -1.98. The van der Waals surface area contributed by atoms with Crippen LogP contribution in [-0.2, 0) is 7.05 Å². The van der Waals surface area contributed by atoms with E-state index in [4.69, 9.17) is 4.74 Å². The zero-order valence-electron chi connectivity index (χ0n) is 20.4. The lowest BCUT2D eigenvalue weighted by Crippen LogP contribution is -2.47. The Labute approximate surface area is 221 Å². The molecule has 202 valence electrons. The van der Waals surface area contributed by atoms with Gasteiger partial charge in [0.2, 0.25) is 0 Å². The number of hydrogen-bond donors (Lipinski definition) is 1. The molecule has 1 N–H and O–H groups in total. The van der Waals surface area contributed by atoms with Gasteiger partial charge in [0.15, 0.2) is 17.3 Å². The molecule has 1 aliphatic rings. The third-order valence-electron chi connectivity index (χ3n) is 6.52. The Bertz CT molecular complexity index is 1720. The van der Waals surface area contributed by atoms with E-state index in [-0.39, 0.29) is 56.2 Å². The number of hydrogen-bond acceptors (Lipinski definition) is 5. The van der Waals surface area contributed by atoms with E-state index < -0.39 is 34.8 Å². The number of fused-ring (bicyclic) bond motifs is 1. The number of aryl methyl sites for hydroxylation is 1. The summed E-state index contributed by atoms with van der Waals surface area (Å²) in [4.78, 5) is 37.8. The van der Waals surface area contributed by atoms with E-state index in [0.717, 1.165) is 23.5 Å². The van der Waals surface area contributed by atoms with Gasteiger partial charge in [0.1, 0.15) is 21.8 Å². The number of benzene rings is 2. The van der Waals surface area contributed by atoms with Gasteiger partial charge in [-0.05, 0) is 56.2 Å². The van der Waals surface area contributed by atoms with Crippen LogP contribution in [0.15, 0.2) is 53.5 Å². The summed E-state index contributed by atoms with van der Waals surface area (Å²) >= 11 is 0.736. The Kier molecular flexibility index (Phi) is 6.33. The van der Waals surface area contributed by atoms with E-state index in [9.17, 15) is 36.3 Å². The van der Waals surface area contributed by atoms with Crippen LogP contribution in [0.1, 0.15) is 39.8 Å². The second kappa shape index (κ2) is 9.30. The van der Waals surface area contributed by atoms with Crippen molar-refractivity contribution in [1.82, 2.24) is 9.88 Å². The van der Waals surface area contributed by atoms with Crippen molar-refractivity contribution in [2.45, 2.75) is 31.5 Å². The van der Waals surface area contributed by atoms with E-state index in [2.05, 4.69) is 5.32 Å². The molecule has 0 unspecified atom stereocenters. The lowest BCUT2D eigenvalue weighted by Gasteiger charge is -2.20. The van der Waals surface area contributed by atoms with Gasteiger partial charge in [-0.1, -0.05) is 0 Å². The molecule has 12 heteroatoms. The second-order valence-corrected chi connectivity index (χ2v) is 10.3. The molecule has 4 aromatic rings. The lowest BCUT2D eigenvalue weighted by atomic mass is 9.99. The highest BCUT2D eigenvalue weighted by atomic mass is 32.1. The number of alkyl halides is 3. The Morgan fingerprint density at radius 2 is 1.72 bits per heavy atom. The lowest BCUT2D eigenvalue weighted by molar-refractivity contribution is -0.163. The molecule has 39 heavy (non-hydrogen) atoms. The number of rotatable bonds is 6. The zero-order valence-corrected chi connectivity index (χ0v) is 21.2. The van der Waals surface area contributed by atoms with Crippen molar-refractivity contribution in [2.24, 2.45) is 7.05 Å². The number of Topliss-reactive ketones (excluding diaryl/α,β-unsaturated/α-hetero) is 1. The van der Waals surface area contributed by atoms with Gasteiger partial charge < -0.3 is 14.6 Å². The zero-order chi connectivity index (χ0) is 28.3. The second-order valence-electron chi connectivity index (χ2n) is 9.29. The number of halogens is 5. The standard InChI is InChI=1S/C27H19F5N2O4S/c1-13(35)14-3-5-20(38-21-6-4-15(28)10-19(21)29)16(9-14)18-12-34(2)25(37)23-17(18)11-22(39-23)24(36)33-26(7-8-26)27(30,31)32/h3-6,9-12H,7-8H2,1-2H3,(H,33,36). The SMILES string of the molecule is CC(=O)c1ccc(Oc2ccc(F)cc2F)c(-c2cn(C)c(=O)c3sc(C(=O)NC4(C(F)(F)F)CC4)cc23)c1. The smallest absolute Gasteiger partial charge is 0.411 e. The molecule has 0 atom stereocenters. The molecule has 1 aliphatic carbocycles. The Hall–Kier alpha value is -4.06. The normalized spacial score (nSPS) is 14.3. The first kappa shape index (κ1) is 26.5. The number of carbonyl (C=O) groups is 2. The molecule has 1 fully saturated rings. The third-order valence-corrected chi connectivity index (χ3v) is 7.64. The number of nitrogens with zero attached hydrogens (tertiary/aromatic N) is 1. The van der Waals surface area contributed by atoms with Crippen molar-refractivity contribution >= 4 is 33.1 Å². The molecule has 1 amide bonds. The largest absolute Gasteiger partial charge is 0.454 e. The predicted molar refractivity (Wildman–Crippen MR) is 134 cm³/mol. The molecule has 2 heterocycles. The highest BCUT2D eigenvalue weighted by molar-refractivity contribution is 7.20. The Morgan fingerprint density at radius 1 is 1.03 bits per heavy atom. The molecule has 0 spiro atoms. The summed E-state index contributed by atoms with van der Waals surface area (Å²) in [7, 11) is 1.45. The number of thiophene rings is 1. The molecule has 0 saturated heterocycles. The minimum atomic E-state index is -4.62. The predicted octanol–water partition coefficient (Wildman–Crippen LogP) is 6.36. The Morgan fingerprint density at radius 3 is 2.33 bits per heavy atom. The molecule has 2 aromatic heterocycles. The molecule has 0 bridgehead atoms. The number of ether oxygens (including phenoxy) is 1. The van der Waals surface area contributed by atoms with Gasteiger partial charge in [-0.25, -0.2) is 8.78 Å². The Balaban J connectivity index is 1.65. The van der Waals surface area contributed by atoms with Gasteiger partial charge >= 0.3 is 6.18 Å². The van der Waals surface area contributed by atoms with E-state index >= 15 is 0 Å². The van der Waals surface area contributed by atoms with Crippen LogP contribution in [0.4, 0.5) is 22.0 Å². The van der Waals surface area contributed by atoms with Crippen molar-refractivity contribution in [3.05, 3.63) is 81.1 Å². The first-order chi connectivity index (χ1) is 18.3. The fourth-order valence-corrected chi connectivity index (χ4v) is 5.22. The number of amides is 1. The molecule has 0 radical (unpaired) electrons. The van der Waals surface area contributed by atoms with Crippen molar-refractivity contribution < 1.29 is 36.3 Å². The summed E-state index contributed by atoms with van der Waals surface area (Å²) in [6.07, 6.45) is -3.67. The highest BCUT2D eigenvalue weighted by Gasteiger charge is 2.64. The summed E-state index contributed by atoms with van der Waals surface area (Å²) in [6.45, 7) is 1.33. The topological polar surface area (TPSA) is 77.4 Å². The molecule has 2 aromatic carbocycles. The van der Waals surface area contributed by atoms with Gasteiger partial charge in [0.05, 0.1) is 4.88 Å². The van der Waals surface area contributed by atoms with Crippen LogP contribution in [0.5, 0.6) is 11.5 Å². The highest BCUT2D eigenvalue weighted by Crippen LogP contribution is 2.49. The number of pyridine rings is 1. The fourth-order valence-electron chi connectivity index (χ4n) is 4.17. The van der Waals surface area contributed by atoms with Gasteiger partial charge in [-0.2, -0.15) is 13.2 Å². The van der Waals surface area contributed by atoms with E-state index in [0.29, 0.717) is 11.6 Å². The van der Waals surface area contributed by atoms with Gasteiger partial charge in [-0.15, -0.1) is 11.3 Å². The summed E-state index contributed by atoms with van der Waals surface area (Å²) in [5.74, 6) is -3.31. The molecule has 1 saturated carbocycles. The quantitative estimate of drug-likeness (QED) is 0.219. The van der Waals surface area contributed by atoms with Crippen molar-refractivity contribution in [3.8, 4) is 22.6 Å². The van der Waals surface area contributed by atoms with Gasteiger partial charge in [0.25, 0.3) is 11.5 Å². The number of aromatic nitrogens is 1. The monoisotopic (exact) mass is 562 g/mol. The molecular formula is C27H19F5N2O4S. The first-order valence-electron chi connectivity index (χ1n) is 11.6. The van der Waals surface area contributed by atoms with Crippen LogP contribution in [0.25, 0.3) is 21.2 Å². The molecule has 5 rings (SSSR count). The maximum Gasteiger partial charge on any atom is 0.411 e.